The summed E-state index contributed by atoms with van der Waals surface area (Å²) in [7, 11) is 0.485. The van der Waals surface area contributed by atoms with E-state index in [1.165, 1.54) is 0 Å². The molecule has 0 amide bonds. The molecule has 0 atom stereocenters. The maximum absolute atomic E-state index is 10.9. The molecule has 4 nitrogen and oxygen atoms in total. The van der Waals surface area contributed by atoms with Gasteiger partial charge in [0.25, 0.3) is 0 Å². The average molecular weight is 192 g/mol. The van der Waals surface area contributed by atoms with E-state index in [1.54, 1.807) is 0 Å². The van der Waals surface area contributed by atoms with Crippen LogP contribution in [0.25, 0.3) is 0 Å². The number of sulfonamides is 1. The summed E-state index contributed by atoms with van der Waals surface area (Å²) in [6.07, 6.45) is 2.99. The lowest BCUT2D eigenvalue weighted by atomic mass is 9.77. The predicted molar refractivity (Wildman–Crippen MR) is 48.2 cm³/mol. The van der Waals surface area contributed by atoms with Gasteiger partial charge in [-0.05, 0) is 33.4 Å². The molecule has 0 aromatic rings. The molecule has 1 aliphatic carbocycles. The zero-order chi connectivity index (χ0) is 9.41. The number of hydrogen-bond donors (Lipinski definition) is 1. The molecule has 12 heavy (non-hydrogen) atoms. The van der Waals surface area contributed by atoms with Gasteiger partial charge >= 0.3 is 0 Å². The summed E-state index contributed by atoms with van der Waals surface area (Å²) < 4.78 is 21.8. The molecule has 0 saturated heterocycles. The molecule has 1 saturated carbocycles. The van der Waals surface area contributed by atoms with E-state index in [0.717, 1.165) is 19.3 Å². The van der Waals surface area contributed by atoms with Crippen molar-refractivity contribution in [1.82, 2.24) is 4.90 Å². The monoisotopic (exact) mass is 192 g/mol. The minimum atomic E-state index is -3.33. The van der Waals surface area contributed by atoms with E-state index in [-0.39, 0.29) is 11.3 Å². The maximum atomic E-state index is 10.9. The van der Waals surface area contributed by atoms with E-state index in [1.807, 2.05) is 19.0 Å². The Labute approximate surface area is 73.8 Å². The molecule has 0 unspecified atom stereocenters. The third kappa shape index (κ3) is 1.97. The molecule has 0 aromatic heterocycles. The van der Waals surface area contributed by atoms with Crippen LogP contribution in [-0.2, 0) is 10.0 Å². The van der Waals surface area contributed by atoms with Crippen molar-refractivity contribution in [2.24, 2.45) is 5.14 Å². The van der Waals surface area contributed by atoms with E-state index in [4.69, 9.17) is 5.14 Å². The minimum Gasteiger partial charge on any atom is -0.303 e. The van der Waals surface area contributed by atoms with Gasteiger partial charge in [0.15, 0.2) is 0 Å². The van der Waals surface area contributed by atoms with E-state index < -0.39 is 10.0 Å². The first-order chi connectivity index (χ1) is 5.36. The van der Waals surface area contributed by atoms with Crippen LogP contribution in [0.5, 0.6) is 0 Å². The maximum Gasteiger partial charge on any atom is 0.210 e. The zero-order valence-electron chi connectivity index (χ0n) is 7.58. The van der Waals surface area contributed by atoms with Crippen molar-refractivity contribution in [3.05, 3.63) is 0 Å². The molecule has 0 aliphatic heterocycles. The Morgan fingerprint density at radius 2 is 1.92 bits per heavy atom. The van der Waals surface area contributed by atoms with Gasteiger partial charge in [0.05, 0.1) is 5.75 Å². The van der Waals surface area contributed by atoms with Crippen molar-refractivity contribution in [1.29, 1.82) is 0 Å². The fourth-order valence-electron chi connectivity index (χ4n) is 1.68. The molecule has 0 heterocycles. The molecule has 0 spiro atoms. The van der Waals surface area contributed by atoms with Gasteiger partial charge in [0, 0.05) is 5.54 Å². The number of nitrogens with two attached hydrogens (primary N) is 1. The molecule has 1 aliphatic rings. The lowest BCUT2D eigenvalue weighted by molar-refractivity contribution is 0.0836. The highest BCUT2D eigenvalue weighted by Gasteiger charge is 2.41. The summed E-state index contributed by atoms with van der Waals surface area (Å²) in [6, 6.07) is 0. The molecule has 0 bridgehead atoms. The normalized spacial score (nSPS) is 22.3. The van der Waals surface area contributed by atoms with Crippen LogP contribution in [0.15, 0.2) is 0 Å². The van der Waals surface area contributed by atoms with E-state index in [9.17, 15) is 8.42 Å². The molecular formula is C7H16N2O2S. The summed E-state index contributed by atoms with van der Waals surface area (Å²) in [4.78, 5) is 1.97. The van der Waals surface area contributed by atoms with Crippen LogP contribution in [0.3, 0.4) is 0 Å². The molecular weight excluding hydrogens is 176 g/mol. The minimum absolute atomic E-state index is 0.0903. The van der Waals surface area contributed by atoms with Crippen LogP contribution in [0.1, 0.15) is 19.3 Å². The van der Waals surface area contributed by atoms with E-state index in [2.05, 4.69) is 0 Å². The van der Waals surface area contributed by atoms with Crippen molar-refractivity contribution < 1.29 is 8.42 Å². The molecule has 0 aromatic carbocycles. The molecule has 1 rings (SSSR count). The van der Waals surface area contributed by atoms with E-state index in [0.29, 0.717) is 0 Å². The van der Waals surface area contributed by atoms with Gasteiger partial charge in [0.1, 0.15) is 0 Å². The van der Waals surface area contributed by atoms with Crippen LogP contribution in [0.4, 0.5) is 0 Å². The van der Waals surface area contributed by atoms with Crippen molar-refractivity contribution in [3.63, 3.8) is 0 Å². The van der Waals surface area contributed by atoms with Gasteiger partial charge in [-0.15, -0.1) is 0 Å². The zero-order valence-corrected chi connectivity index (χ0v) is 8.39. The second-order valence-electron chi connectivity index (χ2n) is 3.78. The molecule has 2 N–H and O–H groups in total. The lowest BCUT2D eigenvalue weighted by Gasteiger charge is -2.46. The highest BCUT2D eigenvalue weighted by atomic mass is 32.2. The largest absolute Gasteiger partial charge is 0.303 e. The molecule has 1 fully saturated rings. The first kappa shape index (κ1) is 9.95. The van der Waals surface area contributed by atoms with Crippen molar-refractivity contribution in [2.75, 3.05) is 19.8 Å². The summed E-state index contributed by atoms with van der Waals surface area (Å²) in [5.74, 6) is 0.0903. The Hall–Kier alpha value is -0.130. The Kier molecular flexibility index (Phi) is 2.47. The van der Waals surface area contributed by atoms with Crippen molar-refractivity contribution in [2.45, 2.75) is 24.8 Å². The summed E-state index contributed by atoms with van der Waals surface area (Å²) in [6.45, 7) is 0. The Morgan fingerprint density at radius 1 is 1.42 bits per heavy atom. The predicted octanol–water partition coefficient (Wildman–Crippen LogP) is -0.241. The van der Waals surface area contributed by atoms with Crippen LogP contribution in [-0.4, -0.2) is 38.7 Å². The number of primary sulfonamides is 1. The molecule has 0 radical (unpaired) electrons. The van der Waals surface area contributed by atoms with Gasteiger partial charge in [-0.1, -0.05) is 0 Å². The Balaban J connectivity index is 2.70. The topological polar surface area (TPSA) is 63.4 Å². The SMILES string of the molecule is CN(C)C1(CS(N)(=O)=O)CCC1. The number of nitrogens with zero attached hydrogens (tertiary/aromatic N) is 1. The second-order valence-corrected chi connectivity index (χ2v) is 5.39. The summed E-state index contributed by atoms with van der Waals surface area (Å²) in [5.41, 5.74) is -0.173. The number of rotatable bonds is 3. The highest BCUT2D eigenvalue weighted by molar-refractivity contribution is 7.89. The lowest BCUT2D eigenvalue weighted by Crippen LogP contribution is -2.55. The van der Waals surface area contributed by atoms with Gasteiger partial charge in [-0.25, -0.2) is 13.6 Å². The Morgan fingerprint density at radius 3 is 2.00 bits per heavy atom. The highest BCUT2D eigenvalue weighted by Crippen LogP contribution is 2.36. The standard InChI is InChI=1S/C7H16N2O2S/c1-9(2)7(4-3-5-7)6-12(8,10)11/h3-6H2,1-2H3,(H2,8,10,11). The quantitative estimate of drug-likeness (QED) is 0.671. The fourth-order valence-corrected chi connectivity index (χ4v) is 2.98. The molecule has 72 valence electrons. The first-order valence-corrected chi connectivity index (χ1v) is 5.75. The van der Waals surface area contributed by atoms with Gasteiger partial charge in [-0.3, -0.25) is 0 Å². The van der Waals surface area contributed by atoms with Gasteiger partial charge < -0.3 is 4.90 Å². The van der Waals surface area contributed by atoms with Crippen LogP contribution >= 0.6 is 0 Å². The van der Waals surface area contributed by atoms with Gasteiger partial charge in [-0.2, -0.15) is 0 Å². The van der Waals surface area contributed by atoms with Crippen molar-refractivity contribution in [3.8, 4) is 0 Å². The average Bonchev–Trinajstić information content (AvgIpc) is 1.75. The van der Waals surface area contributed by atoms with Gasteiger partial charge in [0.2, 0.25) is 10.0 Å². The first-order valence-electron chi connectivity index (χ1n) is 4.04. The number of hydrogen-bond acceptors (Lipinski definition) is 3. The fraction of sp³-hybridized carbons (Fsp3) is 1.00. The van der Waals surface area contributed by atoms with Crippen LogP contribution in [0, 0.1) is 0 Å². The molecule has 5 heteroatoms. The summed E-state index contributed by atoms with van der Waals surface area (Å²) >= 11 is 0. The van der Waals surface area contributed by atoms with Crippen LogP contribution < -0.4 is 5.14 Å². The smallest absolute Gasteiger partial charge is 0.210 e. The van der Waals surface area contributed by atoms with Crippen molar-refractivity contribution >= 4 is 10.0 Å². The van der Waals surface area contributed by atoms with Crippen LogP contribution in [0.2, 0.25) is 0 Å². The summed E-state index contributed by atoms with van der Waals surface area (Å²) in [5, 5.41) is 5.01. The Bertz CT molecular complexity index is 255. The third-order valence-electron chi connectivity index (χ3n) is 2.70. The second kappa shape index (κ2) is 2.97. The van der Waals surface area contributed by atoms with E-state index >= 15 is 0 Å². The third-order valence-corrected chi connectivity index (χ3v) is 3.64.